The third-order valence-corrected chi connectivity index (χ3v) is 5.21. The zero-order chi connectivity index (χ0) is 15.0. The molecule has 1 aliphatic heterocycles. The number of pyridine rings is 1. The van der Waals surface area contributed by atoms with E-state index < -0.39 is 0 Å². The highest BCUT2D eigenvalue weighted by molar-refractivity contribution is 6.01. The maximum atomic E-state index is 6.11. The fourth-order valence-electron chi connectivity index (χ4n) is 3.27. The second kappa shape index (κ2) is 5.21. The minimum atomic E-state index is 0.511. The molecule has 1 fully saturated rings. The van der Waals surface area contributed by atoms with Crippen molar-refractivity contribution < 1.29 is 0 Å². The summed E-state index contributed by atoms with van der Waals surface area (Å²) >= 11 is 0. The molecular weight excluding hydrogens is 258 g/mol. The Morgan fingerprint density at radius 1 is 1.24 bits per heavy atom. The average molecular weight is 283 g/mol. The average Bonchev–Trinajstić information content (AvgIpc) is 2.49. The van der Waals surface area contributed by atoms with Crippen LogP contribution in [0.3, 0.4) is 0 Å². The van der Waals surface area contributed by atoms with Crippen LogP contribution >= 0.6 is 0 Å². The SMILES string of the molecule is CCC1(C)CCN(c2ccc(N)c3cnc(C)cc23)CC1. The summed E-state index contributed by atoms with van der Waals surface area (Å²) < 4.78 is 0. The lowest BCUT2D eigenvalue weighted by Gasteiger charge is -2.40. The zero-order valence-corrected chi connectivity index (χ0v) is 13.3. The molecule has 0 saturated carbocycles. The van der Waals surface area contributed by atoms with Crippen LogP contribution in [0.15, 0.2) is 24.4 Å². The summed E-state index contributed by atoms with van der Waals surface area (Å²) in [6.07, 6.45) is 5.70. The van der Waals surface area contributed by atoms with Crippen LogP contribution in [0.25, 0.3) is 10.8 Å². The van der Waals surface area contributed by atoms with Gasteiger partial charge in [0.15, 0.2) is 0 Å². The first-order chi connectivity index (χ1) is 10.0. The summed E-state index contributed by atoms with van der Waals surface area (Å²) in [6, 6.07) is 6.35. The van der Waals surface area contributed by atoms with Crippen molar-refractivity contribution in [1.29, 1.82) is 0 Å². The fraction of sp³-hybridized carbons (Fsp3) is 0.500. The van der Waals surface area contributed by atoms with Crippen molar-refractivity contribution in [2.24, 2.45) is 5.41 Å². The van der Waals surface area contributed by atoms with Gasteiger partial charge in [0.25, 0.3) is 0 Å². The van der Waals surface area contributed by atoms with E-state index in [0.29, 0.717) is 5.41 Å². The molecule has 2 aromatic rings. The first kappa shape index (κ1) is 14.2. The molecule has 0 amide bonds. The predicted octanol–water partition coefficient (Wildman–Crippen LogP) is 4.14. The molecule has 21 heavy (non-hydrogen) atoms. The minimum Gasteiger partial charge on any atom is -0.398 e. The molecule has 112 valence electrons. The molecule has 0 atom stereocenters. The Balaban J connectivity index is 1.98. The van der Waals surface area contributed by atoms with Crippen molar-refractivity contribution in [3.8, 4) is 0 Å². The molecule has 3 nitrogen and oxygen atoms in total. The molecule has 1 aliphatic rings. The van der Waals surface area contributed by atoms with Crippen LogP contribution in [0.5, 0.6) is 0 Å². The first-order valence-corrected chi connectivity index (χ1v) is 7.92. The number of hydrogen-bond acceptors (Lipinski definition) is 3. The van der Waals surface area contributed by atoms with Gasteiger partial charge in [-0.25, -0.2) is 0 Å². The summed E-state index contributed by atoms with van der Waals surface area (Å²) in [7, 11) is 0. The van der Waals surface area contributed by atoms with E-state index >= 15 is 0 Å². The molecule has 3 rings (SSSR count). The zero-order valence-electron chi connectivity index (χ0n) is 13.3. The van der Waals surface area contributed by atoms with Crippen LogP contribution in [-0.4, -0.2) is 18.1 Å². The molecule has 0 radical (unpaired) electrons. The molecule has 1 aromatic heterocycles. The van der Waals surface area contributed by atoms with E-state index in [1.54, 1.807) is 0 Å². The van der Waals surface area contributed by atoms with Gasteiger partial charge in [-0.3, -0.25) is 4.98 Å². The van der Waals surface area contributed by atoms with Crippen molar-refractivity contribution in [2.75, 3.05) is 23.7 Å². The molecule has 3 heteroatoms. The largest absolute Gasteiger partial charge is 0.398 e. The van der Waals surface area contributed by atoms with Gasteiger partial charge >= 0.3 is 0 Å². The second-order valence-electron chi connectivity index (χ2n) is 6.70. The van der Waals surface area contributed by atoms with Crippen molar-refractivity contribution >= 4 is 22.1 Å². The van der Waals surface area contributed by atoms with Gasteiger partial charge < -0.3 is 10.6 Å². The lowest BCUT2D eigenvalue weighted by atomic mass is 9.78. The van der Waals surface area contributed by atoms with E-state index in [2.05, 4.69) is 35.9 Å². The topological polar surface area (TPSA) is 42.1 Å². The van der Waals surface area contributed by atoms with E-state index in [1.807, 2.05) is 19.2 Å². The highest BCUT2D eigenvalue weighted by Gasteiger charge is 2.28. The normalized spacial score (nSPS) is 18.1. The lowest BCUT2D eigenvalue weighted by molar-refractivity contribution is 0.238. The number of nitrogens with zero attached hydrogens (tertiary/aromatic N) is 2. The monoisotopic (exact) mass is 283 g/mol. The molecular formula is C18H25N3. The number of nitrogens with two attached hydrogens (primary N) is 1. The predicted molar refractivity (Wildman–Crippen MR) is 90.7 cm³/mol. The van der Waals surface area contributed by atoms with Gasteiger partial charge in [-0.2, -0.15) is 0 Å². The highest BCUT2D eigenvalue weighted by atomic mass is 15.1. The Bertz CT molecular complexity index is 655. The Hall–Kier alpha value is -1.77. The van der Waals surface area contributed by atoms with E-state index in [0.717, 1.165) is 29.9 Å². The Kier molecular flexibility index (Phi) is 3.52. The number of rotatable bonds is 2. The van der Waals surface area contributed by atoms with Crippen molar-refractivity contribution in [1.82, 2.24) is 4.98 Å². The quantitative estimate of drug-likeness (QED) is 0.842. The van der Waals surface area contributed by atoms with Gasteiger partial charge in [-0.05, 0) is 43.4 Å². The maximum absolute atomic E-state index is 6.11. The van der Waals surface area contributed by atoms with Gasteiger partial charge in [0.05, 0.1) is 0 Å². The molecule has 1 aromatic carbocycles. The van der Waals surface area contributed by atoms with Crippen molar-refractivity contribution in [2.45, 2.75) is 40.0 Å². The van der Waals surface area contributed by atoms with Crippen molar-refractivity contribution in [3.05, 3.63) is 30.1 Å². The molecule has 0 unspecified atom stereocenters. The number of fused-ring (bicyclic) bond motifs is 1. The molecule has 0 spiro atoms. The Morgan fingerprint density at radius 3 is 2.62 bits per heavy atom. The second-order valence-corrected chi connectivity index (χ2v) is 6.70. The van der Waals surface area contributed by atoms with E-state index in [-0.39, 0.29) is 0 Å². The maximum Gasteiger partial charge on any atom is 0.0448 e. The van der Waals surface area contributed by atoms with Crippen LogP contribution in [0.2, 0.25) is 0 Å². The number of benzene rings is 1. The lowest BCUT2D eigenvalue weighted by Crippen LogP contribution is -2.38. The van der Waals surface area contributed by atoms with Crippen LogP contribution in [0.4, 0.5) is 11.4 Å². The molecule has 0 aliphatic carbocycles. The first-order valence-electron chi connectivity index (χ1n) is 7.92. The van der Waals surface area contributed by atoms with Crippen LogP contribution in [0, 0.1) is 12.3 Å². The Morgan fingerprint density at radius 2 is 1.95 bits per heavy atom. The third kappa shape index (κ3) is 2.57. The van der Waals surface area contributed by atoms with Gasteiger partial charge in [-0.1, -0.05) is 20.3 Å². The number of aromatic nitrogens is 1. The van der Waals surface area contributed by atoms with Crippen LogP contribution in [-0.2, 0) is 0 Å². The van der Waals surface area contributed by atoms with Crippen LogP contribution in [0.1, 0.15) is 38.8 Å². The standard InChI is InChI=1S/C18H25N3/c1-4-18(3)7-9-21(10-8-18)17-6-5-16(19)15-12-20-13(2)11-14(15)17/h5-6,11-12H,4,7-10,19H2,1-3H3. The molecule has 2 heterocycles. The highest BCUT2D eigenvalue weighted by Crippen LogP contribution is 2.38. The summed E-state index contributed by atoms with van der Waals surface area (Å²) in [5.41, 5.74) is 9.79. The van der Waals surface area contributed by atoms with Gasteiger partial charge in [-0.15, -0.1) is 0 Å². The summed E-state index contributed by atoms with van der Waals surface area (Å²) in [6.45, 7) is 9.02. The number of aryl methyl sites for hydroxylation is 1. The number of nitrogen functional groups attached to an aromatic ring is 1. The van der Waals surface area contributed by atoms with Gasteiger partial charge in [0.2, 0.25) is 0 Å². The molecule has 0 bridgehead atoms. The van der Waals surface area contributed by atoms with Crippen molar-refractivity contribution in [3.63, 3.8) is 0 Å². The summed E-state index contributed by atoms with van der Waals surface area (Å²) in [5, 5.41) is 2.31. The van der Waals surface area contributed by atoms with E-state index in [9.17, 15) is 0 Å². The number of piperidine rings is 1. The number of hydrogen-bond donors (Lipinski definition) is 1. The summed E-state index contributed by atoms with van der Waals surface area (Å²) in [5.74, 6) is 0. The van der Waals surface area contributed by atoms with E-state index in [4.69, 9.17) is 5.73 Å². The van der Waals surface area contributed by atoms with Gasteiger partial charge in [0.1, 0.15) is 0 Å². The van der Waals surface area contributed by atoms with E-state index in [1.165, 1.54) is 30.3 Å². The summed E-state index contributed by atoms with van der Waals surface area (Å²) in [4.78, 5) is 6.90. The molecule has 1 saturated heterocycles. The van der Waals surface area contributed by atoms with Gasteiger partial charge in [0, 0.05) is 47.1 Å². The fourth-order valence-corrected chi connectivity index (χ4v) is 3.27. The minimum absolute atomic E-state index is 0.511. The Labute approximate surface area is 127 Å². The number of anilines is 2. The molecule has 2 N–H and O–H groups in total. The van der Waals surface area contributed by atoms with Crippen LogP contribution < -0.4 is 10.6 Å². The smallest absolute Gasteiger partial charge is 0.0448 e. The third-order valence-electron chi connectivity index (χ3n) is 5.21.